The van der Waals surface area contributed by atoms with Gasteiger partial charge in [0.05, 0.1) is 0 Å². The molecule has 0 spiro atoms. The Hall–Kier alpha value is -3.42. The maximum absolute atomic E-state index is 10.0. The zero-order chi connectivity index (χ0) is 26.4. The molecule has 0 unspecified atom stereocenters. The van der Waals surface area contributed by atoms with Gasteiger partial charge < -0.3 is 29.7 Å². The molecular formula is C19H28MoN3O9-3. The van der Waals surface area contributed by atoms with Gasteiger partial charge in [-0.05, 0) is 0 Å². The summed E-state index contributed by atoms with van der Waals surface area (Å²) in [7, 11) is 0. The minimum atomic E-state index is -1.25. The predicted octanol–water partition coefficient (Wildman–Crippen LogP) is 2.12. The average molecular weight is 538 g/mol. The first kappa shape index (κ1) is 51.3. The van der Waals surface area contributed by atoms with E-state index in [1.165, 1.54) is 41.5 Å². The van der Waals surface area contributed by atoms with Crippen LogP contribution in [-0.2, 0) is 49.8 Å². The van der Waals surface area contributed by atoms with Gasteiger partial charge in [-0.1, -0.05) is 7.43 Å². The molecule has 0 amide bonds. The van der Waals surface area contributed by atoms with Crippen molar-refractivity contribution in [2.45, 2.75) is 65.6 Å². The number of carbonyl (C=O) groups is 3. The van der Waals surface area contributed by atoms with Crippen molar-refractivity contribution in [1.29, 1.82) is 0 Å². The molecule has 3 N–H and O–H groups in total. The van der Waals surface area contributed by atoms with Crippen LogP contribution in [0, 0.1) is 19.7 Å². The molecule has 0 aromatic heterocycles. The Morgan fingerprint density at radius 2 is 0.656 bits per heavy atom. The molecule has 0 aliphatic rings. The van der Waals surface area contributed by atoms with Gasteiger partial charge in [-0.2, -0.15) is 0 Å². The maximum Gasteiger partial charge on any atom is 0.390 e. The Balaban J connectivity index is -0.0000000390. The van der Waals surface area contributed by atoms with Crippen molar-refractivity contribution in [3.63, 3.8) is 0 Å². The van der Waals surface area contributed by atoms with Gasteiger partial charge in [0.25, 0.3) is 0 Å². The van der Waals surface area contributed by atoms with E-state index < -0.39 is 34.5 Å². The smallest absolute Gasteiger partial charge is 0.390 e. The number of carboxylic acid groups (broad SMARTS) is 3. The Labute approximate surface area is 203 Å². The number of hydrogen-bond donors (Lipinski definition) is 3. The summed E-state index contributed by atoms with van der Waals surface area (Å²) in [5.41, 5.74) is -3.75. The first-order valence-corrected chi connectivity index (χ1v) is 7.08. The monoisotopic (exact) mass is 540 g/mol. The van der Waals surface area contributed by atoms with Crippen LogP contribution in [0.2, 0.25) is 0 Å². The fourth-order valence-corrected chi connectivity index (χ4v) is 0.143. The largest absolute Gasteiger partial charge is 0.545 e. The van der Waals surface area contributed by atoms with Gasteiger partial charge in [0.15, 0.2) is 0 Å². The summed E-state index contributed by atoms with van der Waals surface area (Å²) >= 11 is 0. The maximum atomic E-state index is 10.0. The third-order valence-electron chi connectivity index (χ3n) is 2.41. The van der Waals surface area contributed by atoms with Gasteiger partial charge in [0.2, 0.25) is 0 Å². The first-order chi connectivity index (χ1) is 13.5. The van der Waals surface area contributed by atoms with Crippen LogP contribution in [0.25, 0.3) is 14.5 Å². The molecule has 0 heterocycles. The minimum Gasteiger partial charge on any atom is -0.545 e. The molecule has 182 valence electrons. The molecule has 0 aromatic carbocycles. The molecule has 13 heteroatoms. The molecule has 0 atom stereocenters. The quantitative estimate of drug-likeness (QED) is 0.276. The second-order valence-corrected chi connectivity index (χ2v) is 5.93. The molecule has 0 radical (unpaired) electrons. The Bertz CT molecular complexity index is 568. The zero-order valence-corrected chi connectivity index (χ0v) is 19.8. The topological polar surface area (TPSA) is 176 Å². The van der Waals surface area contributed by atoms with Gasteiger partial charge in [-0.15, -0.1) is 0 Å². The van der Waals surface area contributed by atoms with E-state index in [0.29, 0.717) is 0 Å². The standard InChI is InChI=1S/3C5H7NO2.3CHO.CH4.Mo/c3*1-5(2,6-3)4(7)8;3*1-2;;/h3*1-2H3,(H,7,8);3*1H;1H4;/q;;;3*-1;;. The molecule has 0 aromatic rings. The second-order valence-electron chi connectivity index (χ2n) is 5.93. The SMILES string of the molecule is C.[C-]#[N+]C(C)(C)C(=O)O.[C-]#[N+]C(C)(C)C(=O)O.[C-]#[N+]C(C)(C)C(=O)O.[CH-]=O.[CH-]=O.[CH-]=O.[Mo]. The normalized spacial score (nSPS) is 7.97. The van der Waals surface area contributed by atoms with Crippen LogP contribution in [0.3, 0.4) is 0 Å². The summed E-state index contributed by atoms with van der Waals surface area (Å²) in [6, 6.07) is 0. The predicted molar refractivity (Wildman–Crippen MR) is 112 cm³/mol. The summed E-state index contributed by atoms with van der Waals surface area (Å²) in [4.78, 5) is 62.0. The molecule has 0 saturated carbocycles. The molecule has 0 aliphatic heterocycles. The third kappa shape index (κ3) is 31.3. The molecular weight excluding hydrogens is 510 g/mol. The van der Waals surface area contributed by atoms with Crippen molar-refractivity contribution >= 4 is 38.3 Å². The summed E-state index contributed by atoms with van der Waals surface area (Å²) in [5, 5.41) is 24.7. The van der Waals surface area contributed by atoms with Gasteiger partial charge in [0, 0.05) is 62.6 Å². The van der Waals surface area contributed by atoms with Crippen molar-refractivity contribution in [2.75, 3.05) is 0 Å². The van der Waals surface area contributed by atoms with Gasteiger partial charge >= 0.3 is 34.5 Å². The van der Waals surface area contributed by atoms with E-state index in [1.54, 1.807) is 0 Å². The van der Waals surface area contributed by atoms with E-state index in [0.717, 1.165) is 0 Å². The Morgan fingerprint density at radius 1 is 0.562 bits per heavy atom. The number of rotatable bonds is 3. The van der Waals surface area contributed by atoms with Gasteiger partial charge in [-0.3, -0.25) is 34.9 Å². The van der Waals surface area contributed by atoms with Crippen LogP contribution in [0.5, 0.6) is 0 Å². The van der Waals surface area contributed by atoms with E-state index in [-0.39, 0.29) is 28.5 Å². The Morgan fingerprint density at radius 3 is 0.656 bits per heavy atom. The zero-order valence-electron chi connectivity index (χ0n) is 17.8. The average Bonchev–Trinajstić information content (AvgIpc) is 2.73. The van der Waals surface area contributed by atoms with Crippen LogP contribution >= 0.6 is 0 Å². The molecule has 0 fully saturated rings. The minimum absolute atomic E-state index is 0. The molecule has 0 rings (SSSR count). The second kappa shape index (κ2) is 27.6. The first-order valence-electron chi connectivity index (χ1n) is 7.08. The van der Waals surface area contributed by atoms with E-state index in [4.69, 9.17) is 49.4 Å². The summed E-state index contributed by atoms with van der Waals surface area (Å²) in [5.74, 6) is -3.23. The van der Waals surface area contributed by atoms with Gasteiger partial charge in [-0.25, -0.2) is 34.1 Å². The molecule has 0 bridgehead atoms. The summed E-state index contributed by atoms with van der Waals surface area (Å²) in [6.45, 7) is 37.1. The van der Waals surface area contributed by atoms with E-state index in [1.807, 2.05) is 0 Å². The van der Waals surface area contributed by atoms with Gasteiger partial charge in [0.1, 0.15) is 0 Å². The number of hydrogen-bond acceptors (Lipinski definition) is 6. The van der Waals surface area contributed by atoms with Crippen molar-refractivity contribution in [2.24, 2.45) is 0 Å². The fraction of sp³-hybridized carbons (Fsp3) is 0.526. The number of aliphatic carboxylic acids is 3. The van der Waals surface area contributed by atoms with E-state index in [2.05, 4.69) is 34.9 Å². The van der Waals surface area contributed by atoms with Crippen molar-refractivity contribution in [3.8, 4) is 0 Å². The van der Waals surface area contributed by atoms with Crippen LogP contribution < -0.4 is 0 Å². The van der Waals surface area contributed by atoms with Crippen LogP contribution in [0.1, 0.15) is 49.0 Å². The molecule has 0 saturated heterocycles. The fourth-order valence-electron chi connectivity index (χ4n) is 0.143. The van der Waals surface area contributed by atoms with E-state index >= 15 is 0 Å². The Kier molecular flexibility index (Phi) is 44.2. The number of nitrogens with zero attached hydrogens (tertiary/aromatic N) is 3. The molecule has 12 nitrogen and oxygen atoms in total. The molecule has 32 heavy (non-hydrogen) atoms. The van der Waals surface area contributed by atoms with Crippen molar-refractivity contribution < 1.29 is 65.2 Å². The van der Waals surface area contributed by atoms with Crippen molar-refractivity contribution in [1.82, 2.24) is 0 Å². The number of carbonyl (C=O) groups excluding carboxylic acids is 3. The van der Waals surface area contributed by atoms with Crippen LogP contribution in [0.15, 0.2) is 0 Å². The van der Waals surface area contributed by atoms with Crippen LogP contribution in [0.4, 0.5) is 0 Å². The summed E-state index contributed by atoms with van der Waals surface area (Å²) in [6.07, 6.45) is 0. The molecule has 0 aliphatic carbocycles. The van der Waals surface area contributed by atoms with Crippen LogP contribution in [-0.4, -0.2) is 70.2 Å². The summed E-state index contributed by atoms with van der Waals surface area (Å²) < 4.78 is 0. The van der Waals surface area contributed by atoms with E-state index in [9.17, 15) is 14.4 Å². The number of carboxylic acids is 3. The van der Waals surface area contributed by atoms with Crippen molar-refractivity contribution in [3.05, 3.63) is 34.3 Å². The third-order valence-corrected chi connectivity index (χ3v) is 2.41.